The Hall–Kier alpha value is -1.19. The van der Waals surface area contributed by atoms with Crippen LogP contribution in [0.5, 0.6) is 0 Å². The van der Waals surface area contributed by atoms with Crippen molar-refractivity contribution < 1.29 is 0 Å². The molecule has 14 heavy (non-hydrogen) atoms. The van der Waals surface area contributed by atoms with E-state index in [2.05, 4.69) is 17.1 Å². The fraction of sp³-hybridized carbons (Fsp3) is 0.182. The fourth-order valence-corrected chi connectivity index (χ4v) is 2.21. The van der Waals surface area contributed by atoms with E-state index in [1.165, 1.54) is 10.4 Å². The normalized spacial score (nSPS) is 10.4. The van der Waals surface area contributed by atoms with Gasteiger partial charge < -0.3 is 5.73 Å². The molecule has 0 amide bonds. The molecule has 2 aromatic rings. The van der Waals surface area contributed by atoms with Gasteiger partial charge in [-0.25, -0.2) is 4.98 Å². The Balaban J connectivity index is 2.37. The first-order chi connectivity index (χ1) is 6.92. The molecule has 0 aliphatic carbocycles. The van der Waals surface area contributed by atoms with Gasteiger partial charge in [-0.15, -0.1) is 11.3 Å². The highest BCUT2D eigenvalue weighted by molar-refractivity contribution is 7.10. The van der Waals surface area contributed by atoms with E-state index in [1.54, 1.807) is 11.3 Å². The molecule has 1 aromatic carbocycles. The molecule has 0 aliphatic heterocycles. The van der Waals surface area contributed by atoms with E-state index in [9.17, 15) is 0 Å². The quantitative estimate of drug-likeness (QED) is 0.833. The van der Waals surface area contributed by atoms with Gasteiger partial charge in [-0.1, -0.05) is 30.3 Å². The van der Waals surface area contributed by atoms with Crippen LogP contribution in [0.15, 0.2) is 35.8 Å². The lowest BCUT2D eigenvalue weighted by Gasteiger charge is -2.00. The van der Waals surface area contributed by atoms with Gasteiger partial charge in [-0.2, -0.15) is 0 Å². The summed E-state index contributed by atoms with van der Waals surface area (Å²) in [6.45, 7) is 0.683. The number of benzene rings is 1. The van der Waals surface area contributed by atoms with Gasteiger partial charge >= 0.3 is 0 Å². The number of nitrogens with two attached hydrogens (primary N) is 1. The smallest absolute Gasteiger partial charge is 0.0843 e. The SMILES string of the molecule is NCCc1scnc1-c1ccccc1. The van der Waals surface area contributed by atoms with E-state index < -0.39 is 0 Å². The van der Waals surface area contributed by atoms with Crippen LogP contribution in [0.3, 0.4) is 0 Å². The minimum absolute atomic E-state index is 0.683. The summed E-state index contributed by atoms with van der Waals surface area (Å²) in [6, 6.07) is 10.2. The summed E-state index contributed by atoms with van der Waals surface area (Å²) in [5, 5.41) is 0. The average molecular weight is 204 g/mol. The first-order valence-electron chi connectivity index (χ1n) is 4.59. The molecule has 72 valence electrons. The Morgan fingerprint density at radius 3 is 2.71 bits per heavy atom. The third-order valence-corrected chi connectivity index (χ3v) is 2.95. The van der Waals surface area contributed by atoms with E-state index in [4.69, 9.17) is 5.73 Å². The number of aromatic nitrogens is 1. The predicted molar refractivity (Wildman–Crippen MR) is 60.3 cm³/mol. The van der Waals surface area contributed by atoms with Crippen LogP contribution in [0, 0.1) is 0 Å². The maximum Gasteiger partial charge on any atom is 0.0843 e. The van der Waals surface area contributed by atoms with E-state index in [0.717, 1.165) is 12.1 Å². The van der Waals surface area contributed by atoms with Gasteiger partial charge in [0.15, 0.2) is 0 Å². The Kier molecular flexibility index (Phi) is 2.91. The molecule has 0 bridgehead atoms. The van der Waals surface area contributed by atoms with Gasteiger partial charge in [0.2, 0.25) is 0 Å². The lowest BCUT2D eigenvalue weighted by molar-refractivity contribution is 0.986. The molecular formula is C11H12N2S. The molecule has 0 fully saturated rings. The van der Waals surface area contributed by atoms with Crippen molar-refractivity contribution in [3.63, 3.8) is 0 Å². The van der Waals surface area contributed by atoms with Crippen molar-refractivity contribution in [1.29, 1.82) is 0 Å². The Morgan fingerprint density at radius 1 is 1.21 bits per heavy atom. The zero-order chi connectivity index (χ0) is 9.80. The van der Waals surface area contributed by atoms with Crippen LogP contribution >= 0.6 is 11.3 Å². The molecule has 0 unspecified atom stereocenters. The van der Waals surface area contributed by atoms with Gasteiger partial charge in [0.05, 0.1) is 11.2 Å². The molecule has 0 aliphatic rings. The molecular weight excluding hydrogens is 192 g/mol. The Labute approximate surface area is 87.4 Å². The molecule has 0 spiro atoms. The fourth-order valence-electron chi connectivity index (χ4n) is 1.41. The third-order valence-electron chi connectivity index (χ3n) is 2.06. The molecule has 0 atom stereocenters. The van der Waals surface area contributed by atoms with Crippen LogP contribution in [0.1, 0.15) is 4.88 Å². The zero-order valence-electron chi connectivity index (χ0n) is 7.81. The average Bonchev–Trinajstić information content (AvgIpc) is 2.68. The highest BCUT2D eigenvalue weighted by Gasteiger charge is 2.06. The van der Waals surface area contributed by atoms with Crippen LogP contribution in [-0.4, -0.2) is 11.5 Å². The lowest BCUT2D eigenvalue weighted by atomic mass is 10.1. The molecule has 1 heterocycles. The first kappa shape index (κ1) is 9.37. The predicted octanol–water partition coefficient (Wildman–Crippen LogP) is 2.31. The topological polar surface area (TPSA) is 38.9 Å². The summed E-state index contributed by atoms with van der Waals surface area (Å²) in [5.74, 6) is 0. The highest BCUT2D eigenvalue weighted by atomic mass is 32.1. The largest absolute Gasteiger partial charge is 0.330 e. The van der Waals surface area contributed by atoms with E-state index in [-0.39, 0.29) is 0 Å². The third kappa shape index (κ3) is 1.84. The second-order valence-corrected chi connectivity index (χ2v) is 3.97. The molecule has 2 N–H and O–H groups in total. The molecule has 3 heteroatoms. The van der Waals surface area contributed by atoms with Crippen LogP contribution in [0.2, 0.25) is 0 Å². The minimum atomic E-state index is 0.683. The number of hydrogen-bond donors (Lipinski definition) is 1. The zero-order valence-corrected chi connectivity index (χ0v) is 8.63. The Bertz CT molecular complexity index is 395. The van der Waals surface area contributed by atoms with Crippen molar-refractivity contribution in [1.82, 2.24) is 4.98 Å². The molecule has 2 nitrogen and oxygen atoms in total. The number of thiazole rings is 1. The monoisotopic (exact) mass is 204 g/mol. The first-order valence-corrected chi connectivity index (χ1v) is 5.47. The number of rotatable bonds is 3. The van der Waals surface area contributed by atoms with Crippen LogP contribution in [0.25, 0.3) is 11.3 Å². The summed E-state index contributed by atoms with van der Waals surface area (Å²) >= 11 is 1.68. The maximum atomic E-state index is 5.55. The van der Waals surface area contributed by atoms with Gasteiger partial charge in [0, 0.05) is 10.4 Å². The van der Waals surface area contributed by atoms with Crippen LogP contribution in [-0.2, 0) is 6.42 Å². The molecule has 0 saturated carbocycles. The van der Waals surface area contributed by atoms with Crippen molar-refractivity contribution in [2.75, 3.05) is 6.54 Å². The van der Waals surface area contributed by atoms with Crippen molar-refractivity contribution in [2.45, 2.75) is 6.42 Å². The van der Waals surface area contributed by atoms with Crippen molar-refractivity contribution >= 4 is 11.3 Å². The van der Waals surface area contributed by atoms with Gasteiger partial charge in [-0.05, 0) is 13.0 Å². The number of hydrogen-bond acceptors (Lipinski definition) is 3. The molecule has 1 aromatic heterocycles. The summed E-state index contributed by atoms with van der Waals surface area (Å²) in [7, 11) is 0. The van der Waals surface area contributed by atoms with Crippen molar-refractivity contribution in [2.24, 2.45) is 5.73 Å². The van der Waals surface area contributed by atoms with E-state index in [0.29, 0.717) is 6.54 Å². The maximum absolute atomic E-state index is 5.55. The van der Waals surface area contributed by atoms with Gasteiger partial charge in [0.1, 0.15) is 0 Å². The van der Waals surface area contributed by atoms with Crippen molar-refractivity contribution in [3.8, 4) is 11.3 Å². The summed E-state index contributed by atoms with van der Waals surface area (Å²) < 4.78 is 0. The summed E-state index contributed by atoms with van der Waals surface area (Å²) in [4.78, 5) is 5.64. The van der Waals surface area contributed by atoms with E-state index >= 15 is 0 Å². The summed E-state index contributed by atoms with van der Waals surface area (Å²) in [6.07, 6.45) is 0.912. The lowest BCUT2D eigenvalue weighted by Crippen LogP contribution is -2.02. The standard InChI is InChI=1S/C11H12N2S/c12-7-6-10-11(13-8-14-10)9-4-2-1-3-5-9/h1-5,8H,6-7,12H2. The highest BCUT2D eigenvalue weighted by Crippen LogP contribution is 2.25. The Morgan fingerprint density at radius 2 is 2.00 bits per heavy atom. The van der Waals surface area contributed by atoms with Crippen LogP contribution in [0.4, 0.5) is 0 Å². The van der Waals surface area contributed by atoms with Gasteiger partial charge in [-0.3, -0.25) is 0 Å². The minimum Gasteiger partial charge on any atom is -0.330 e. The molecule has 0 radical (unpaired) electrons. The second kappa shape index (κ2) is 4.35. The summed E-state index contributed by atoms with van der Waals surface area (Å²) in [5.41, 5.74) is 9.69. The molecule has 0 saturated heterocycles. The van der Waals surface area contributed by atoms with E-state index in [1.807, 2.05) is 23.7 Å². The van der Waals surface area contributed by atoms with Gasteiger partial charge in [0.25, 0.3) is 0 Å². The van der Waals surface area contributed by atoms with Crippen LogP contribution < -0.4 is 5.73 Å². The second-order valence-electron chi connectivity index (χ2n) is 3.03. The number of nitrogens with zero attached hydrogens (tertiary/aromatic N) is 1. The van der Waals surface area contributed by atoms with Crippen molar-refractivity contribution in [3.05, 3.63) is 40.7 Å². The molecule has 2 rings (SSSR count).